The smallest absolute Gasteiger partial charge is 0.262 e. The van der Waals surface area contributed by atoms with Gasteiger partial charge in [-0.2, -0.15) is 0 Å². The third-order valence-corrected chi connectivity index (χ3v) is 6.53. The molecule has 0 radical (unpaired) electrons. The number of benzene rings is 1. The van der Waals surface area contributed by atoms with Gasteiger partial charge in [0.05, 0.1) is 5.39 Å². The van der Waals surface area contributed by atoms with E-state index in [0.29, 0.717) is 34.7 Å². The molecule has 0 aliphatic carbocycles. The SMILES string of the molecule is Cc1sc2nc(SCCCC(=O)c3ccc(F)cc3)n(C)c(=O)c2c1C. The number of Topliss-reactive ketones (excluding diaryl/α,β-unsaturated/α-hetero) is 1. The van der Waals surface area contributed by atoms with Crippen molar-refractivity contribution in [1.82, 2.24) is 9.55 Å². The van der Waals surface area contributed by atoms with E-state index in [2.05, 4.69) is 4.98 Å². The molecule has 2 aromatic heterocycles. The van der Waals surface area contributed by atoms with Crippen molar-refractivity contribution in [2.45, 2.75) is 31.8 Å². The molecule has 0 N–H and O–H groups in total. The van der Waals surface area contributed by atoms with Gasteiger partial charge in [0.2, 0.25) is 0 Å². The van der Waals surface area contributed by atoms with E-state index in [0.717, 1.165) is 15.3 Å². The van der Waals surface area contributed by atoms with Crippen molar-refractivity contribution in [3.8, 4) is 0 Å². The molecule has 0 saturated carbocycles. The largest absolute Gasteiger partial charge is 0.294 e. The lowest BCUT2D eigenvalue weighted by Gasteiger charge is -2.07. The van der Waals surface area contributed by atoms with E-state index in [1.165, 1.54) is 47.4 Å². The Kier molecular flexibility index (Phi) is 5.58. The molecule has 26 heavy (non-hydrogen) atoms. The van der Waals surface area contributed by atoms with Crippen LogP contribution in [0, 0.1) is 19.7 Å². The van der Waals surface area contributed by atoms with Crippen molar-refractivity contribution < 1.29 is 9.18 Å². The highest BCUT2D eigenvalue weighted by Gasteiger charge is 2.15. The molecule has 0 atom stereocenters. The van der Waals surface area contributed by atoms with Crippen LogP contribution in [0.25, 0.3) is 10.2 Å². The maximum Gasteiger partial charge on any atom is 0.262 e. The topological polar surface area (TPSA) is 52.0 Å². The predicted molar refractivity (Wildman–Crippen MR) is 105 cm³/mol. The van der Waals surface area contributed by atoms with Crippen LogP contribution in [0.1, 0.15) is 33.6 Å². The van der Waals surface area contributed by atoms with Crippen LogP contribution in [0.2, 0.25) is 0 Å². The lowest BCUT2D eigenvalue weighted by molar-refractivity contribution is 0.0982. The number of hydrogen-bond donors (Lipinski definition) is 0. The summed E-state index contributed by atoms with van der Waals surface area (Å²) in [5.41, 5.74) is 1.49. The van der Waals surface area contributed by atoms with Crippen LogP contribution in [0.3, 0.4) is 0 Å². The van der Waals surface area contributed by atoms with Crippen LogP contribution < -0.4 is 5.56 Å². The number of carbonyl (C=O) groups is 1. The molecule has 0 saturated heterocycles. The number of hydrogen-bond acceptors (Lipinski definition) is 5. The summed E-state index contributed by atoms with van der Waals surface area (Å²) in [6.45, 7) is 3.94. The average Bonchev–Trinajstić information content (AvgIpc) is 2.90. The Hall–Kier alpha value is -1.99. The molecular formula is C19H19FN2O2S2. The summed E-state index contributed by atoms with van der Waals surface area (Å²) in [6, 6.07) is 5.60. The first-order valence-electron chi connectivity index (χ1n) is 8.26. The fraction of sp³-hybridized carbons (Fsp3) is 0.316. The number of fused-ring (bicyclic) bond motifs is 1. The molecule has 0 aliphatic rings. The zero-order chi connectivity index (χ0) is 18.8. The molecule has 0 aliphatic heterocycles. The van der Waals surface area contributed by atoms with E-state index in [1.54, 1.807) is 11.6 Å². The number of carbonyl (C=O) groups excluding carboxylic acids is 1. The van der Waals surface area contributed by atoms with Gasteiger partial charge in [-0.1, -0.05) is 11.8 Å². The van der Waals surface area contributed by atoms with Gasteiger partial charge in [0.25, 0.3) is 5.56 Å². The number of thiophene rings is 1. The Morgan fingerprint density at radius 3 is 2.65 bits per heavy atom. The van der Waals surface area contributed by atoms with Gasteiger partial charge in [0, 0.05) is 29.7 Å². The van der Waals surface area contributed by atoms with Gasteiger partial charge in [0.1, 0.15) is 10.6 Å². The highest BCUT2D eigenvalue weighted by molar-refractivity contribution is 7.99. The number of aromatic nitrogens is 2. The minimum atomic E-state index is -0.349. The van der Waals surface area contributed by atoms with E-state index in [9.17, 15) is 14.0 Å². The van der Waals surface area contributed by atoms with Crippen LogP contribution in [0.15, 0.2) is 34.2 Å². The lowest BCUT2D eigenvalue weighted by Crippen LogP contribution is -2.20. The van der Waals surface area contributed by atoms with Crippen molar-refractivity contribution in [2.75, 3.05) is 5.75 Å². The predicted octanol–water partition coefficient (Wildman–Crippen LogP) is 4.51. The molecule has 1 aromatic carbocycles. The summed E-state index contributed by atoms with van der Waals surface area (Å²) in [5.74, 6) is 0.327. The van der Waals surface area contributed by atoms with Crippen LogP contribution in [-0.2, 0) is 7.05 Å². The number of thioether (sulfide) groups is 1. The Morgan fingerprint density at radius 1 is 1.27 bits per heavy atom. The van der Waals surface area contributed by atoms with E-state index in [1.807, 2.05) is 13.8 Å². The Labute approximate surface area is 159 Å². The molecule has 2 heterocycles. The number of ketones is 1. The summed E-state index contributed by atoms with van der Waals surface area (Å²) in [5, 5.41) is 1.36. The second kappa shape index (κ2) is 7.72. The highest BCUT2D eigenvalue weighted by atomic mass is 32.2. The first-order chi connectivity index (χ1) is 12.4. The molecule has 3 aromatic rings. The minimum absolute atomic E-state index is 0.00703. The summed E-state index contributed by atoms with van der Waals surface area (Å²) >= 11 is 3.01. The van der Waals surface area contributed by atoms with E-state index in [4.69, 9.17) is 0 Å². The van der Waals surface area contributed by atoms with Crippen LogP contribution in [0.5, 0.6) is 0 Å². The van der Waals surface area contributed by atoms with Crippen molar-refractivity contribution >= 4 is 39.1 Å². The second-order valence-corrected chi connectivity index (χ2v) is 8.37. The van der Waals surface area contributed by atoms with Crippen LogP contribution >= 0.6 is 23.1 Å². The maximum atomic E-state index is 12.9. The molecule has 4 nitrogen and oxygen atoms in total. The zero-order valence-corrected chi connectivity index (χ0v) is 16.5. The van der Waals surface area contributed by atoms with Gasteiger partial charge < -0.3 is 0 Å². The molecule has 0 spiro atoms. The summed E-state index contributed by atoms with van der Waals surface area (Å²) < 4.78 is 14.5. The number of nitrogens with zero attached hydrogens (tertiary/aromatic N) is 2. The molecule has 0 bridgehead atoms. The third kappa shape index (κ3) is 3.73. The van der Waals surface area contributed by atoms with Crippen molar-refractivity contribution in [3.63, 3.8) is 0 Å². The molecule has 3 rings (SSSR count). The van der Waals surface area contributed by atoms with E-state index >= 15 is 0 Å². The number of aryl methyl sites for hydroxylation is 2. The van der Waals surface area contributed by atoms with Gasteiger partial charge in [-0.25, -0.2) is 9.37 Å². The van der Waals surface area contributed by atoms with Crippen LogP contribution in [0.4, 0.5) is 4.39 Å². The normalized spacial score (nSPS) is 11.2. The molecule has 0 fully saturated rings. The lowest BCUT2D eigenvalue weighted by atomic mass is 10.1. The first-order valence-corrected chi connectivity index (χ1v) is 10.1. The van der Waals surface area contributed by atoms with Crippen molar-refractivity contribution in [2.24, 2.45) is 7.05 Å². The standard InChI is InChI=1S/C19H19FN2O2S2/c1-11-12(2)26-17-16(11)18(24)22(3)19(21-17)25-10-4-5-15(23)13-6-8-14(20)9-7-13/h6-9H,4-5,10H2,1-3H3. The zero-order valence-electron chi connectivity index (χ0n) is 14.8. The van der Waals surface area contributed by atoms with E-state index in [-0.39, 0.29) is 17.2 Å². The van der Waals surface area contributed by atoms with Gasteiger partial charge in [-0.3, -0.25) is 14.2 Å². The van der Waals surface area contributed by atoms with E-state index < -0.39 is 0 Å². The van der Waals surface area contributed by atoms with Crippen molar-refractivity contribution in [3.05, 3.63) is 56.4 Å². The maximum absolute atomic E-state index is 12.9. The molecule has 136 valence electrons. The third-order valence-electron chi connectivity index (χ3n) is 4.31. The second-order valence-electron chi connectivity index (χ2n) is 6.10. The monoisotopic (exact) mass is 390 g/mol. The van der Waals surface area contributed by atoms with Crippen molar-refractivity contribution in [1.29, 1.82) is 0 Å². The Balaban J connectivity index is 1.65. The number of rotatable bonds is 6. The summed E-state index contributed by atoms with van der Waals surface area (Å²) in [6.07, 6.45) is 1.04. The van der Waals surface area contributed by atoms with Gasteiger partial charge in [-0.15, -0.1) is 11.3 Å². The van der Waals surface area contributed by atoms with Gasteiger partial charge in [0.15, 0.2) is 10.9 Å². The molecular weight excluding hydrogens is 371 g/mol. The number of halogens is 1. The molecule has 0 amide bonds. The highest BCUT2D eigenvalue weighted by Crippen LogP contribution is 2.28. The fourth-order valence-corrected chi connectivity index (χ4v) is 4.64. The summed E-state index contributed by atoms with van der Waals surface area (Å²) in [7, 11) is 1.73. The Bertz CT molecular complexity index is 1020. The van der Waals surface area contributed by atoms with Gasteiger partial charge in [-0.05, 0) is 50.1 Å². The molecule has 7 heteroatoms. The quantitative estimate of drug-likeness (QED) is 0.269. The van der Waals surface area contributed by atoms with Gasteiger partial charge >= 0.3 is 0 Å². The summed E-state index contributed by atoms with van der Waals surface area (Å²) in [4.78, 5) is 31.2. The Morgan fingerprint density at radius 2 is 1.96 bits per heavy atom. The molecule has 0 unspecified atom stereocenters. The average molecular weight is 391 g/mol. The first kappa shape index (κ1) is 18.8. The van der Waals surface area contributed by atoms with Crippen LogP contribution in [-0.4, -0.2) is 21.1 Å². The fourth-order valence-electron chi connectivity index (χ4n) is 2.66. The minimum Gasteiger partial charge on any atom is -0.294 e.